The Kier molecular flexibility index (Phi) is 5.49. The Bertz CT molecular complexity index is 348. The number of esters is 1. The molecule has 0 spiro atoms. The molecule has 1 unspecified atom stereocenters. The molecule has 0 bridgehead atoms. The highest BCUT2D eigenvalue weighted by atomic mass is 16.5. The van der Waals surface area contributed by atoms with E-state index in [0.717, 1.165) is 11.3 Å². The van der Waals surface area contributed by atoms with E-state index in [1.54, 1.807) is 7.05 Å². The Morgan fingerprint density at radius 3 is 2.47 bits per heavy atom. The molecule has 0 aliphatic carbocycles. The fourth-order valence-electron chi connectivity index (χ4n) is 1.57. The van der Waals surface area contributed by atoms with Gasteiger partial charge in [0.25, 0.3) is 0 Å². The quantitative estimate of drug-likeness (QED) is 0.759. The maximum absolute atomic E-state index is 11.4. The monoisotopic (exact) mass is 237 g/mol. The highest BCUT2D eigenvalue weighted by Gasteiger charge is 2.16. The molecule has 94 valence electrons. The molecule has 0 aliphatic heterocycles. The first-order valence-electron chi connectivity index (χ1n) is 5.68. The SMILES string of the molecule is CCOc1ccc(CC(NC)C(=O)OC)cc1. The van der Waals surface area contributed by atoms with Gasteiger partial charge in [-0.05, 0) is 38.1 Å². The maximum Gasteiger partial charge on any atom is 0.323 e. The van der Waals surface area contributed by atoms with Gasteiger partial charge in [-0.25, -0.2) is 0 Å². The average molecular weight is 237 g/mol. The molecule has 1 atom stereocenters. The molecule has 4 heteroatoms. The summed E-state index contributed by atoms with van der Waals surface area (Å²) < 4.78 is 10.1. The summed E-state index contributed by atoms with van der Waals surface area (Å²) in [6.45, 7) is 2.60. The maximum atomic E-state index is 11.4. The summed E-state index contributed by atoms with van der Waals surface area (Å²) in [5, 5.41) is 2.94. The summed E-state index contributed by atoms with van der Waals surface area (Å²) in [7, 11) is 3.14. The molecule has 0 saturated carbocycles. The molecule has 1 aromatic carbocycles. The second-order valence-electron chi connectivity index (χ2n) is 3.65. The van der Waals surface area contributed by atoms with Crippen molar-refractivity contribution in [1.29, 1.82) is 0 Å². The number of hydrogen-bond donors (Lipinski definition) is 1. The van der Waals surface area contributed by atoms with Crippen LogP contribution in [0, 0.1) is 0 Å². The number of hydrogen-bond acceptors (Lipinski definition) is 4. The molecule has 0 radical (unpaired) electrons. The van der Waals surface area contributed by atoms with E-state index in [1.807, 2.05) is 31.2 Å². The van der Waals surface area contributed by atoms with Crippen molar-refractivity contribution in [3.63, 3.8) is 0 Å². The number of carbonyl (C=O) groups excluding carboxylic acids is 1. The minimum absolute atomic E-state index is 0.249. The second-order valence-corrected chi connectivity index (χ2v) is 3.65. The number of ether oxygens (including phenoxy) is 2. The van der Waals surface area contributed by atoms with Crippen LogP contribution in [-0.2, 0) is 16.0 Å². The van der Waals surface area contributed by atoms with Crippen molar-refractivity contribution < 1.29 is 14.3 Å². The topological polar surface area (TPSA) is 47.6 Å². The molecule has 4 nitrogen and oxygen atoms in total. The molecule has 0 aromatic heterocycles. The molecule has 0 saturated heterocycles. The fraction of sp³-hybridized carbons (Fsp3) is 0.462. The lowest BCUT2D eigenvalue weighted by atomic mass is 10.1. The number of carbonyl (C=O) groups is 1. The summed E-state index contributed by atoms with van der Waals surface area (Å²) in [6.07, 6.45) is 0.607. The molecule has 0 heterocycles. The van der Waals surface area contributed by atoms with Gasteiger partial charge in [0.15, 0.2) is 0 Å². The van der Waals surface area contributed by atoms with Gasteiger partial charge in [0.05, 0.1) is 13.7 Å². The highest BCUT2D eigenvalue weighted by Crippen LogP contribution is 2.13. The number of nitrogens with one attached hydrogen (secondary N) is 1. The van der Waals surface area contributed by atoms with Gasteiger partial charge in [0.2, 0.25) is 0 Å². The lowest BCUT2D eigenvalue weighted by Crippen LogP contribution is -2.36. The molecule has 1 N–H and O–H groups in total. The van der Waals surface area contributed by atoms with E-state index in [9.17, 15) is 4.79 Å². The summed E-state index contributed by atoms with van der Waals surface area (Å²) >= 11 is 0. The first-order chi connectivity index (χ1) is 8.21. The molecule has 0 amide bonds. The van der Waals surface area contributed by atoms with Crippen LogP contribution in [0.2, 0.25) is 0 Å². The lowest BCUT2D eigenvalue weighted by Gasteiger charge is -2.13. The highest BCUT2D eigenvalue weighted by molar-refractivity contribution is 5.76. The van der Waals surface area contributed by atoms with E-state index >= 15 is 0 Å². The molecule has 1 aromatic rings. The van der Waals surface area contributed by atoms with E-state index in [-0.39, 0.29) is 12.0 Å². The normalized spacial score (nSPS) is 11.9. The van der Waals surface area contributed by atoms with Crippen molar-refractivity contribution in [1.82, 2.24) is 5.32 Å². The Morgan fingerprint density at radius 2 is 2.00 bits per heavy atom. The lowest BCUT2D eigenvalue weighted by molar-refractivity contribution is -0.142. The number of methoxy groups -OCH3 is 1. The van der Waals surface area contributed by atoms with Crippen LogP contribution < -0.4 is 10.1 Å². The minimum atomic E-state index is -0.307. The van der Waals surface area contributed by atoms with E-state index in [0.29, 0.717) is 13.0 Å². The van der Waals surface area contributed by atoms with Gasteiger partial charge in [-0.3, -0.25) is 4.79 Å². The van der Waals surface area contributed by atoms with Crippen LogP contribution >= 0.6 is 0 Å². The standard InChI is InChI=1S/C13H19NO3/c1-4-17-11-7-5-10(6-8-11)9-12(14-2)13(15)16-3/h5-8,12,14H,4,9H2,1-3H3. The van der Waals surface area contributed by atoms with Crippen LogP contribution in [0.4, 0.5) is 0 Å². The van der Waals surface area contributed by atoms with Crippen molar-refractivity contribution in [2.75, 3.05) is 20.8 Å². The van der Waals surface area contributed by atoms with Gasteiger partial charge in [-0.15, -0.1) is 0 Å². The summed E-state index contributed by atoms with van der Waals surface area (Å²) in [5.41, 5.74) is 1.07. The third-order valence-electron chi connectivity index (χ3n) is 2.51. The number of benzene rings is 1. The molecule has 17 heavy (non-hydrogen) atoms. The predicted molar refractivity (Wildman–Crippen MR) is 66.2 cm³/mol. The Hall–Kier alpha value is -1.55. The fourth-order valence-corrected chi connectivity index (χ4v) is 1.57. The van der Waals surface area contributed by atoms with Crippen LogP contribution in [0.15, 0.2) is 24.3 Å². The van der Waals surface area contributed by atoms with Crippen molar-refractivity contribution in [3.8, 4) is 5.75 Å². The Labute approximate surface area is 102 Å². The van der Waals surface area contributed by atoms with Crippen molar-refractivity contribution in [2.45, 2.75) is 19.4 Å². The molecule has 0 aliphatic rings. The third kappa shape index (κ3) is 4.07. The van der Waals surface area contributed by atoms with Gasteiger partial charge in [-0.2, -0.15) is 0 Å². The molecular formula is C13H19NO3. The van der Waals surface area contributed by atoms with Crippen LogP contribution in [0.1, 0.15) is 12.5 Å². The van der Waals surface area contributed by atoms with Crippen LogP contribution in [-0.4, -0.2) is 32.8 Å². The van der Waals surface area contributed by atoms with Crippen LogP contribution in [0.25, 0.3) is 0 Å². The third-order valence-corrected chi connectivity index (χ3v) is 2.51. The molecule has 0 fully saturated rings. The van der Waals surface area contributed by atoms with E-state index in [1.165, 1.54) is 7.11 Å². The zero-order chi connectivity index (χ0) is 12.7. The average Bonchev–Trinajstić information content (AvgIpc) is 2.37. The van der Waals surface area contributed by atoms with E-state index in [4.69, 9.17) is 9.47 Å². The smallest absolute Gasteiger partial charge is 0.323 e. The summed E-state index contributed by atoms with van der Waals surface area (Å²) in [4.78, 5) is 11.4. The van der Waals surface area contributed by atoms with E-state index in [2.05, 4.69) is 5.32 Å². The largest absolute Gasteiger partial charge is 0.494 e. The minimum Gasteiger partial charge on any atom is -0.494 e. The van der Waals surface area contributed by atoms with Crippen molar-refractivity contribution in [3.05, 3.63) is 29.8 Å². The molecule has 1 rings (SSSR count). The van der Waals surface area contributed by atoms with Crippen molar-refractivity contribution in [2.24, 2.45) is 0 Å². The van der Waals surface area contributed by atoms with Gasteiger partial charge in [0.1, 0.15) is 11.8 Å². The summed E-state index contributed by atoms with van der Waals surface area (Å²) in [6, 6.07) is 7.42. The predicted octanol–water partition coefficient (Wildman–Crippen LogP) is 1.39. The second kappa shape index (κ2) is 6.91. The summed E-state index contributed by atoms with van der Waals surface area (Å²) in [5.74, 6) is 0.594. The van der Waals surface area contributed by atoms with Gasteiger partial charge in [-0.1, -0.05) is 12.1 Å². The Balaban J connectivity index is 2.64. The van der Waals surface area contributed by atoms with Gasteiger partial charge in [0, 0.05) is 0 Å². The van der Waals surface area contributed by atoms with Crippen LogP contribution in [0.3, 0.4) is 0 Å². The van der Waals surface area contributed by atoms with Gasteiger partial charge >= 0.3 is 5.97 Å². The Morgan fingerprint density at radius 1 is 1.35 bits per heavy atom. The number of likely N-dealkylation sites (N-methyl/N-ethyl adjacent to an activating group) is 1. The van der Waals surface area contributed by atoms with E-state index < -0.39 is 0 Å². The first kappa shape index (κ1) is 13.5. The van der Waals surface area contributed by atoms with Crippen LogP contribution in [0.5, 0.6) is 5.75 Å². The van der Waals surface area contributed by atoms with Crippen molar-refractivity contribution >= 4 is 5.97 Å². The first-order valence-corrected chi connectivity index (χ1v) is 5.68. The van der Waals surface area contributed by atoms with Gasteiger partial charge < -0.3 is 14.8 Å². The zero-order valence-electron chi connectivity index (χ0n) is 10.5. The number of rotatable bonds is 6. The zero-order valence-corrected chi connectivity index (χ0v) is 10.5. The molecular weight excluding hydrogens is 218 g/mol.